The molecule has 116 valence electrons. The highest BCUT2D eigenvalue weighted by atomic mass is 16.6. The van der Waals surface area contributed by atoms with Crippen LogP contribution >= 0.6 is 0 Å². The van der Waals surface area contributed by atoms with Crippen LogP contribution in [-0.2, 0) is 0 Å². The summed E-state index contributed by atoms with van der Waals surface area (Å²) in [6.07, 6.45) is 4.04. The number of nitrogens with one attached hydrogen (secondary N) is 1. The minimum atomic E-state index is -0.725. The molecule has 0 aromatic carbocycles. The van der Waals surface area contributed by atoms with Gasteiger partial charge in [-0.2, -0.15) is 5.26 Å². The Bertz CT molecular complexity index is 442. The molecule has 0 aliphatic heterocycles. The molecule has 0 aromatic rings. The molecule has 3 atom stereocenters. The molecule has 0 saturated heterocycles. The van der Waals surface area contributed by atoms with Crippen LogP contribution in [0.1, 0.15) is 44.9 Å². The van der Waals surface area contributed by atoms with Gasteiger partial charge in [-0.05, 0) is 25.7 Å². The topological polar surface area (TPSA) is 122 Å². The Balaban J connectivity index is 1.88. The van der Waals surface area contributed by atoms with Crippen LogP contribution in [-0.4, -0.2) is 34.0 Å². The van der Waals surface area contributed by atoms with Gasteiger partial charge in [0.2, 0.25) is 12.1 Å². The molecule has 8 nitrogen and oxygen atoms in total. The first kappa shape index (κ1) is 15.6. The molecule has 0 heterocycles. The van der Waals surface area contributed by atoms with Gasteiger partial charge in [-0.1, -0.05) is 0 Å². The summed E-state index contributed by atoms with van der Waals surface area (Å²) < 4.78 is 0. The molecule has 2 saturated carbocycles. The summed E-state index contributed by atoms with van der Waals surface area (Å²) in [5, 5.41) is 34.1. The van der Waals surface area contributed by atoms with Crippen molar-refractivity contribution in [2.45, 2.75) is 69.1 Å². The van der Waals surface area contributed by atoms with Gasteiger partial charge in [-0.15, -0.1) is 0 Å². The van der Waals surface area contributed by atoms with E-state index in [0.29, 0.717) is 44.9 Å². The SMILES string of the molecule is N#CC1CCC(NC2CCC([N+](=O)[O-])CC2)C([N+](=O)[O-])C1. The van der Waals surface area contributed by atoms with E-state index in [0.717, 1.165) is 0 Å². The maximum atomic E-state index is 11.2. The molecule has 0 radical (unpaired) electrons. The zero-order chi connectivity index (χ0) is 15.4. The van der Waals surface area contributed by atoms with Gasteiger partial charge < -0.3 is 5.32 Å². The maximum absolute atomic E-state index is 11.2. The van der Waals surface area contributed by atoms with Crippen molar-refractivity contribution < 1.29 is 9.85 Å². The highest BCUT2D eigenvalue weighted by Crippen LogP contribution is 2.28. The first-order valence-electron chi connectivity index (χ1n) is 7.44. The summed E-state index contributed by atoms with van der Waals surface area (Å²) in [6.45, 7) is 0. The second-order valence-corrected chi connectivity index (χ2v) is 6.06. The van der Waals surface area contributed by atoms with Crippen LogP contribution in [0.2, 0.25) is 0 Å². The zero-order valence-corrected chi connectivity index (χ0v) is 11.8. The van der Waals surface area contributed by atoms with E-state index in [4.69, 9.17) is 5.26 Å². The van der Waals surface area contributed by atoms with E-state index in [1.165, 1.54) is 0 Å². The van der Waals surface area contributed by atoms with Crippen molar-refractivity contribution in [1.82, 2.24) is 5.32 Å². The largest absolute Gasteiger partial charge is 0.305 e. The second kappa shape index (κ2) is 6.80. The lowest BCUT2D eigenvalue weighted by Gasteiger charge is -2.33. The summed E-state index contributed by atoms with van der Waals surface area (Å²) in [7, 11) is 0. The zero-order valence-electron chi connectivity index (χ0n) is 11.8. The third-order valence-corrected chi connectivity index (χ3v) is 4.71. The van der Waals surface area contributed by atoms with Gasteiger partial charge in [0.05, 0.1) is 18.0 Å². The molecule has 21 heavy (non-hydrogen) atoms. The van der Waals surface area contributed by atoms with Crippen LogP contribution in [0.25, 0.3) is 0 Å². The van der Waals surface area contributed by atoms with Crippen LogP contribution in [0, 0.1) is 37.5 Å². The van der Waals surface area contributed by atoms with E-state index in [-0.39, 0.29) is 27.8 Å². The minimum absolute atomic E-state index is 0.118. The first-order valence-corrected chi connectivity index (χ1v) is 7.44. The van der Waals surface area contributed by atoms with Crippen LogP contribution in [0.5, 0.6) is 0 Å². The Kier molecular flexibility index (Phi) is 5.07. The third-order valence-electron chi connectivity index (χ3n) is 4.71. The average molecular weight is 296 g/mol. The smallest absolute Gasteiger partial charge is 0.229 e. The van der Waals surface area contributed by atoms with E-state index in [1.807, 2.05) is 0 Å². The average Bonchev–Trinajstić information content (AvgIpc) is 2.48. The van der Waals surface area contributed by atoms with Crippen molar-refractivity contribution in [3.05, 3.63) is 20.2 Å². The fraction of sp³-hybridized carbons (Fsp3) is 0.923. The fourth-order valence-electron chi connectivity index (χ4n) is 3.45. The van der Waals surface area contributed by atoms with Gasteiger partial charge in [0.1, 0.15) is 0 Å². The van der Waals surface area contributed by atoms with E-state index in [1.54, 1.807) is 0 Å². The Morgan fingerprint density at radius 1 is 1.00 bits per heavy atom. The van der Waals surface area contributed by atoms with E-state index in [9.17, 15) is 20.2 Å². The molecule has 3 unspecified atom stereocenters. The molecule has 0 bridgehead atoms. The molecule has 0 amide bonds. The molecule has 8 heteroatoms. The standard InChI is InChI=1S/C13H20N4O4/c14-8-9-1-6-12(13(7-9)17(20)21)15-10-2-4-11(5-3-10)16(18)19/h9-13,15H,1-7H2. The maximum Gasteiger partial charge on any atom is 0.229 e. The molecule has 2 fully saturated rings. The van der Waals surface area contributed by atoms with Crippen molar-refractivity contribution in [3.63, 3.8) is 0 Å². The number of hydrogen-bond acceptors (Lipinski definition) is 6. The van der Waals surface area contributed by atoms with Crippen molar-refractivity contribution in [2.75, 3.05) is 0 Å². The number of hydrogen-bond donors (Lipinski definition) is 1. The highest BCUT2D eigenvalue weighted by Gasteiger charge is 2.40. The Labute approximate surface area is 122 Å². The summed E-state index contributed by atoms with van der Waals surface area (Å²) >= 11 is 0. The van der Waals surface area contributed by atoms with Crippen molar-refractivity contribution in [1.29, 1.82) is 5.26 Å². The van der Waals surface area contributed by atoms with Gasteiger partial charge in [-0.3, -0.25) is 20.2 Å². The normalized spacial score (nSPS) is 36.6. The quantitative estimate of drug-likeness (QED) is 0.619. The van der Waals surface area contributed by atoms with Gasteiger partial charge in [-0.25, -0.2) is 0 Å². The Morgan fingerprint density at radius 3 is 2.19 bits per heavy atom. The van der Waals surface area contributed by atoms with Gasteiger partial charge in [0.25, 0.3) is 0 Å². The molecule has 0 spiro atoms. The number of rotatable bonds is 4. The molecule has 0 aromatic heterocycles. The third kappa shape index (κ3) is 3.88. The van der Waals surface area contributed by atoms with E-state index >= 15 is 0 Å². The Morgan fingerprint density at radius 2 is 1.67 bits per heavy atom. The van der Waals surface area contributed by atoms with Crippen LogP contribution in [0.4, 0.5) is 0 Å². The molecule has 1 N–H and O–H groups in total. The Hall–Kier alpha value is -1.75. The molecular weight excluding hydrogens is 276 g/mol. The van der Waals surface area contributed by atoms with Gasteiger partial charge >= 0.3 is 0 Å². The van der Waals surface area contributed by atoms with E-state index < -0.39 is 12.1 Å². The summed E-state index contributed by atoms with van der Waals surface area (Å²) in [5.74, 6) is -0.233. The summed E-state index contributed by atoms with van der Waals surface area (Å²) in [4.78, 5) is 21.4. The molecule has 2 aliphatic rings. The lowest BCUT2D eigenvalue weighted by atomic mass is 9.82. The molecule has 2 aliphatic carbocycles. The van der Waals surface area contributed by atoms with Crippen molar-refractivity contribution in [2.24, 2.45) is 5.92 Å². The van der Waals surface area contributed by atoms with Gasteiger partial charge in [0.15, 0.2) is 0 Å². The van der Waals surface area contributed by atoms with Crippen LogP contribution in [0.3, 0.4) is 0 Å². The van der Waals surface area contributed by atoms with Crippen LogP contribution in [0.15, 0.2) is 0 Å². The predicted octanol–water partition coefficient (Wildman–Crippen LogP) is 1.50. The highest BCUT2D eigenvalue weighted by molar-refractivity contribution is 4.95. The van der Waals surface area contributed by atoms with Crippen molar-refractivity contribution >= 4 is 0 Å². The van der Waals surface area contributed by atoms with Crippen molar-refractivity contribution in [3.8, 4) is 6.07 Å². The fourth-order valence-corrected chi connectivity index (χ4v) is 3.45. The molecule has 2 rings (SSSR count). The number of nitrogens with zero attached hydrogens (tertiary/aromatic N) is 3. The minimum Gasteiger partial charge on any atom is -0.305 e. The van der Waals surface area contributed by atoms with E-state index in [2.05, 4.69) is 11.4 Å². The second-order valence-electron chi connectivity index (χ2n) is 6.06. The predicted molar refractivity (Wildman–Crippen MR) is 73.7 cm³/mol. The summed E-state index contributed by atoms with van der Waals surface area (Å²) in [5.41, 5.74) is 0. The van der Waals surface area contributed by atoms with Crippen LogP contribution < -0.4 is 5.32 Å². The number of nitro groups is 2. The first-order chi connectivity index (χ1) is 10.0. The lowest BCUT2D eigenvalue weighted by Crippen LogP contribution is -2.52. The summed E-state index contributed by atoms with van der Waals surface area (Å²) in [6, 6.07) is 0.827. The van der Waals surface area contributed by atoms with Gasteiger partial charge in [0, 0.05) is 35.2 Å². The monoisotopic (exact) mass is 296 g/mol. The molecular formula is C13H20N4O4. The lowest BCUT2D eigenvalue weighted by molar-refractivity contribution is -0.532. The number of nitriles is 1.